The molecule has 0 aromatic rings. The van der Waals surface area contributed by atoms with Crippen LogP contribution in [0.5, 0.6) is 0 Å². The van der Waals surface area contributed by atoms with Gasteiger partial charge in [-0.05, 0) is 19.9 Å². The third-order valence-electron chi connectivity index (χ3n) is 0.746. The van der Waals surface area contributed by atoms with E-state index in [1.807, 2.05) is 0 Å². The Kier molecular flexibility index (Phi) is 2.53. The van der Waals surface area contributed by atoms with Crippen molar-refractivity contribution in [2.45, 2.75) is 25.9 Å². The first-order chi connectivity index (χ1) is 3.56. The molecule has 1 heteroatoms. The second kappa shape index (κ2) is 2.71. The highest BCUT2D eigenvalue weighted by Crippen LogP contribution is 2.06. The van der Waals surface area contributed by atoms with E-state index in [2.05, 4.69) is 12.3 Å². The lowest BCUT2D eigenvalue weighted by Gasteiger charge is -2.12. The average Bonchev–Trinajstić information content (AvgIpc) is 1.59. The second-order valence-electron chi connectivity index (χ2n) is 2.42. The molecule has 0 aromatic heterocycles. The van der Waals surface area contributed by atoms with Crippen molar-refractivity contribution in [1.29, 1.82) is 0 Å². The Bertz CT molecular complexity index is 102. The van der Waals surface area contributed by atoms with Crippen LogP contribution >= 0.6 is 0 Å². The molecule has 0 atom stereocenters. The molecule has 46 valence electrons. The Morgan fingerprint density at radius 2 is 2.25 bits per heavy atom. The van der Waals surface area contributed by atoms with Gasteiger partial charge in [0, 0.05) is 6.42 Å². The number of hydrogen-bond acceptors (Lipinski definition) is 1. The lowest BCUT2D eigenvalue weighted by Crippen LogP contribution is -2.16. The molecule has 0 bridgehead atoms. The summed E-state index contributed by atoms with van der Waals surface area (Å²) in [5.74, 6) is 0. The minimum Gasteiger partial charge on any atom is -0.390 e. The van der Waals surface area contributed by atoms with Crippen molar-refractivity contribution < 1.29 is 5.11 Å². The van der Waals surface area contributed by atoms with Crippen molar-refractivity contribution in [2.75, 3.05) is 0 Å². The zero-order valence-corrected chi connectivity index (χ0v) is 5.44. The molecule has 0 heterocycles. The first kappa shape index (κ1) is 7.48. The molecule has 8 heavy (non-hydrogen) atoms. The standard InChI is InChI=1S/C7H12O/c1-4-5-6-7(2,3)8/h5,8H,1,6H2,2-3H3. The van der Waals surface area contributed by atoms with Crippen molar-refractivity contribution in [3.05, 3.63) is 18.4 Å². The Labute approximate surface area is 50.3 Å². The third kappa shape index (κ3) is 5.48. The smallest absolute Gasteiger partial charge is 0.0632 e. The maximum absolute atomic E-state index is 9.05. The highest BCUT2D eigenvalue weighted by Gasteiger charge is 2.07. The Balaban J connectivity index is 3.55. The van der Waals surface area contributed by atoms with Crippen molar-refractivity contribution in [1.82, 2.24) is 0 Å². The third-order valence-corrected chi connectivity index (χ3v) is 0.746. The Morgan fingerprint density at radius 3 is 2.38 bits per heavy atom. The zero-order valence-electron chi connectivity index (χ0n) is 5.44. The fourth-order valence-corrected chi connectivity index (χ4v) is 0.322. The van der Waals surface area contributed by atoms with E-state index in [0.29, 0.717) is 6.42 Å². The lowest BCUT2D eigenvalue weighted by atomic mass is 10.1. The van der Waals surface area contributed by atoms with Crippen LogP contribution in [0.25, 0.3) is 0 Å². The molecule has 0 aliphatic rings. The molecule has 0 aromatic carbocycles. The van der Waals surface area contributed by atoms with E-state index >= 15 is 0 Å². The normalized spacial score (nSPS) is 10.4. The summed E-state index contributed by atoms with van der Waals surface area (Å²) in [6.45, 7) is 6.87. The molecule has 1 nitrogen and oxygen atoms in total. The summed E-state index contributed by atoms with van der Waals surface area (Å²) < 4.78 is 0. The van der Waals surface area contributed by atoms with E-state index in [4.69, 9.17) is 5.11 Å². The molecule has 0 spiro atoms. The van der Waals surface area contributed by atoms with Crippen LogP contribution in [0.2, 0.25) is 0 Å². The van der Waals surface area contributed by atoms with Gasteiger partial charge < -0.3 is 5.11 Å². The number of rotatable bonds is 2. The maximum Gasteiger partial charge on any atom is 0.0632 e. The SMILES string of the molecule is C=C=CCC(C)(C)O. The molecule has 0 radical (unpaired) electrons. The van der Waals surface area contributed by atoms with Crippen LogP contribution in [0, 0.1) is 0 Å². The van der Waals surface area contributed by atoms with E-state index < -0.39 is 5.60 Å². The summed E-state index contributed by atoms with van der Waals surface area (Å²) in [5, 5.41) is 9.05. The van der Waals surface area contributed by atoms with Crippen LogP contribution in [0.3, 0.4) is 0 Å². The molecule has 0 saturated carbocycles. The minimum atomic E-state index is -0.606. The van der Waals surface area contributed by atoms with Gasteiger partial charge in [-0.1, -0.05) is 6.58 Å². The molecule has 0 aliphatic heterocycles. The van der Waals surface area contributed by atoms with Crippen molar-refractivity contribution in [3.8, 4) is 0 Å². The van der Waals surface area contributed by atoms with Gasteiger partial charge in [-0.2, -0.15) is 0 Å². The Morgan fingerprint density at radius 1 is 1.75 bits per heavy atom. The van der Waals surface area contributed by atoms with E-state index in [0.717, 1.165) is 0 Å². The van der Waals surface area contributed by atoms with Crippen LogP contribution in [-0.2, 0) is 0 Å². The summed E-state index contributed by atoms with van der Waals surface area (Å²) in [7, 11) is 0. The molecule has 0 amide bonds. The molecule has 1 N–H and O–H groups in total. The molecule has 0 unspecified atom stereocenters. The molecule has 0 rings (SSSR count). The largest absolute Gasteiger partial charge is 0.390 e. The topological polar surface area (TPSA) is 20.2 Å². The quantitative estimate of drug-likeness (QED) is 0.536. The summed E-state index contributed by atoms with van der Waals surface area (Å²) in [6, 6.07) is 0. The second-order valence-corrected chi connectivity index (χ2v) is 2.42. The van der Waals surface area contributed by atoms with Crippen LogP contribution in [0.15, 0.2) is 18.4 Å². The van der Waals surface area contributed by atoms with Crippen LogP contribution < -0.4 is 0 Å². The fourth-order valence-electron chi connectivity index (χ4n) is 0.322. The lowest BCUT2D eigenvalue weighted by molar-refractivity contribution is 0.0839. The average molecular weight is 112 g/mol. The van der Waals surface area contributed by atoms with Gasteiger partial charge in [-0.3, -0.25) is 0 Å². The maximum atomic E-state index is 9.05. The van der Waals surface area contributed by atoms with Crippen molar-refractivity contribution in [2.24, 2.45) is 0 Å². The highest BCUT2D eigenvalue weighted by atomic mass is 16.3. The van der Waals surface area contributed by atoms with Gasteiger partial charge in [0.25, 0.3) is 0 Å². The summed E-state index contributed by atoms with van der Waals surface area (Å²) in [6.07, 6.45) is 2.34. The summed E-state index contributed by atoms with van der Waals surface area (Å²) >= 11 is 0. The first-order valence-electron chi connectivity index (χ1n) is 2.63. The molecule has 0 aliphatic carbocycles. The molecular weight excluding hydrogens is 100 g/mol. The van der Waals surface area contributed by atoms with Crippen molar-refractivity contribution in [3.63, 3.8) is 0 Å². The Hall–Kier alpha value is -0.520. The zero-order chi connectivity index (χ0) is 6.62. The molecule has 0 fully saturated rings. The van der Waals surface area contributed by atoms with Gasteiger partial charge in [-0.15, -0.1) is 5.73 Å². The van der Waals surface area contributed by atoms with E-state index in [-0.39, 0.29) is 0 Å². The van der Waals surface area contributed by atoms with Crippen LogP contribution in [0.4, 0.5) is 0 Å². The highest BCUT2D eigenvalue weighted by molar-refractivity contribution is 4.83. The van der Waals surface area contributed by atoms with Gasteiger partial charge in [-0.25, -0.2) is 0 Å². The minimum absolute atomic E-state index is 0.606. The van der Waals surface area contributed by atoms with Gasteiger partial charge in [0.2, 0.25) is 0 Å². The molecule has 0 saturated heterocycles. The van der Waals surface area contributed by atoms with Gasteiger partial charge in [0.1, 0.15) is 0 Å². The van der Waals surface area contributed by atoms with Gasteiger partial charge >= 0.3 is 0 Å². The van der Waals surface area contributed by atoms with Gasteiger partial charge in [0.15, 0.2) is 0 Å². The van der Waals surface area contributed by atoms with Gasteiger partial charge in [0.05, 0.1) is 5.60 Å². The van der Waals surface area contributed by atoms with Crippen molar-refractivity contribution >= 4 is 0 Å². The van der Waals surface area contributed by atoms with E-state index in [1.165, 1.54) is 0 Å². The van der Waals surface area contributed by atoms with E-state index in [1.54, 1.807) is 19.9 Å². The first-order valence-corrected chi connectivity index (χ1v) is 2.63. The predicted octanol–water partition coefficient (Wildman–Crippen LogP) is 1.49. The monoisotopic (exact) mass is 112 g/mol. The number of aliphatic hydroxyl groups is 1. The van der Waals surface area contributed by atoms with Crippen LogP contribution in [0.1, 0.15) is 20.3 Å². The fraction of sp³-hybridized carbons (Fsp3) is 0.571. The summed E-state index contributed by atoms with van der Waals surface area (Å²) in [5.41, 5.74) is 1.98. The van der Waals surface area contributed by atoms with E-state index in [9.17, 15) is 0 Å². The molecular formula is C7H12O. The predicted molar refractivity (Wildman–Crippen MR) is 34.6 cm³/mol. The summed E-state index contributed by atoms with van der Waals surface area (Å²) in [4.78, 5) is 0. The number of hydrogen-bond donors (Lipinski definition) is 1. The van der Waals surface area contributed by atoms with Crippen LogP contribution in [-0.4, -0.2) is 10.7 Å².